The van der Waals surface area contributed by atoms with Crippen molar-refractivity contribution in [2.75, 3.05) is 13.1 Å². The maximum absolute atomic E-state index is 12.5. The fourth-order valence-corrected chi connectivity index (χ4v) is 4.90. The van der Waals surface area contributed by atoms with E-state index in [0.717, 1.165) is 24.9 Å². The largest absolute Gasteiger partial charge is 0.352 e. The Bertz CT molecular complexity index is 804. The third-order valence-electron chi connectivity index (χ3n) is 4.86. The van der Waals surface area contributed by atoms with Gasteiger partial charge in [0.15, 0.2) is 0 Å². The number of piperidine rings is 1. The topological polar surface area (TPSA) is 95.6 Å². The van der Waals surface area contributed by atoms with Crippen molar-refractivity contribution in [2.24, 2.45) is 11.8 Å². The van der Waals surface area contributed by atoms with Gasteiger partial charge in [-0.2, -0.15) is 0 Å². The van der Waals surface area contributed by atoms with E-state index >= 15 is 0 Å². The van der Waals surface area contributed by atoms with Gasteiger partial charge in [-0.25, -0.2) is 13.1 Å². The van der Waals surface area contributed by atoms with Crippen molar-refractivity contribution in [3.05, 3.63) is 35.4 Å². The molecule has 1 saturated heterocycles. The molecule has 1 aromatic carbocycles. The summed E-state index contributed by atoms with van der Waals surface area (Å²) in [6, 6.07) is 7.06. The van der Waals surface area contributed by atoms with Crippen LogP contribution < -0.4 is 10.0 Å². The first-order valence-electron chi connectivity index (χ1n) is 10.2. The molecular formula is C21H33N3O4S. The molecule has 7 nitrogen and oxygen atoms in total. The number of hydrogen-bond acceptors (Lipinski definition) is 4. The van der Waals surface area contributed by atoms with E-state index in [9.17, 15) is 18.0 Å². The quantitative estimate of drug-likeness (QED) is 0.669. The molecule has 0 bridgehead atoms. The van der Waals surface area contributed by atoms with E-state index in [0.29, 0.717) is 18.7 Å². The third-order valence-corrected chi connectivity index (χ3v) is 6.40. The molecule has 0 saturated carbocycles. The number of carbonyl (C=O) groups is 2. The highest BCUT2D eigenvalue weighted by atomic mass is 32.2. The molecule has 29 heavy (non-hydrogen) atoms. The highest BCUT2D eigenvalue weighted by Crippen LogP contribution is 2.19. The third kappa shape index (κ3) is 7.44. The normalized spacial score (nSPS) is 17.6. The van der Waals surface area contributed by atoms with Crippen molar-refractivity contribution in [3.63, 3.8) is 0 Å². The first-order chi connectivity index (χ1) is 13.6. The van der Waals surface area contributed by atoms with Crippen LogP contribution in [0.2, 0.25) is 0 Å². The Morgan fingerprint density at radius 1 is 1.10 bits per heavy atom. The minimum Gasteiger partial charge on any atom is -0.352 e. The molecule has 162 valence electrons. The number of benzene rings is 1. The second-order valence-corrected chi connectivity index (χ2v) is 10.1. The van der Waals surface area contributed by atoms with E-state index in [2.05, 4.69) is 10.0 Å². The van der Waals surface area contributed by atoms with Gasteiger partial charge in [-0.3, -0.25) is 9.59 Å². The number of rotatable bonds is 8. The summed E-state index contributed by atoms with van der Waals surface area (Å²) in [5.74, 6) is -0.258. The Morgan fingerprint density at radius 2 is 1.72 bits per heavy atom. The first-order valence-corrected chi connectivity index (χ1v) is 11.9. The fraction of sp³-hybridized carbons (Fsp3) is 0.619. The minimum atomic E-state index is -3.36. The molecule has 0 aromatic heterocycles. The van der Waals surface area contributed by atoms with Gasteiger partial charge in [-0.15, -0.1) is 0 Å². The lowest BCUT2D eigenvalue weighted by molar-refractivity contribution is -0.138. The van der Waals surface area contributed by atoms with Gasteiger partial charge < -0.3 is 10.2 Å². The number of nitrogens with one attached hydrogen (secondary N) is 2. The average molecular weight is 424 g/mol. The van der Waals surface area contributed by atoms with Crippen LogP contribution in [-0.4, -0.2) is 44.3 Å². The smallest absolute Gasteiger partial charge is 0.225 e. The van der Waals surface area contributed by atoms with Gasteiger partial charge in [0.05, 0.1) is 11.7 Å². The summed E-state index contributed by atoms with van der Waals surface area (Å²) >= 11 is 0. The average Bonchev–Trinajstić information content (AvgIpc) is 2.65. The Morgan fingerprint density at radius 3 is 2.31 bits per heavy atom. The Kier molecular flexibility index (Phi) is 8.22. The van der Waals surface area contributed by atoms with Gasteiger partial charge in [0.25, 0.3) is 0 Å². The van der Waals surface area contributed by atoms with E-state index in [1.54, 1.807) is 30.9 Å². The summed E-state index contributed by atoms with van der Waals surface area (Å²) in [6.07, 6.45) is 1.62. The summed E-state index contributed by atoms with van der Waals surface area (Å²) in [5, 5.41) is 2.94. The molecule has 2 rings (SSSR count). The van der Waals surface area contributed by atoms with Gasteiger partial charge in [0.1, 0.15) is 0 Å². The van der Waals surface area contributed by atoms with Gasteiger partial charge in [-0.1, -0.05) is 38.1 Å². The summed E-state index contributed by atoms with van der Waals surface area (Å²) in [5.41, 5.74) is 1.60. The molecule has 0 radical (unpaired) electrons. The van der Waals surface area contributed by atoms with Crippen LogP contribution in [0.4, 0.5) is 0 Å². The lowest BCUT2D eigenvalue weighted by atomic mass is 9.96. The van der Waals surface area contributed by atoms with Gasteiger partial charge in [-0.05, 0) is 37.8 Å². The maximum atomic E-state index is 12.5. The van der Waals surface area contributed by atoms with E-state index in [4.69, 9.17) is 0 Å². The molecule has 0 spiro atoms. The van der Waals surface area contributed by atoms with Crippen molar-refractivity contribution in [2.45, 2.75) is 58.9 Å². The van der Waals surface area contributed by atoms with Crippen molar-refractivity contribution in [3.8, 4) is 0 Å². The second-order valence-electron chi connectivity index (χ2n) is 8.34. The molecule has 0 unspecified atom stereocenters. The van der Waals surface area contributed by atoms with Crippen molar-refractivity contribution in [1.29, 1.82) is 0 Å². The van der Waals surface area contributed by atoms with Gasteiger partial charge >= 0.3 is 0 Å². The summed E-state index contributed by atoms with van der Waals surface area (Å²) < 4.78 is 26.6. The molecule has 0 aliphatic carbocycles. The van der Waals surface area contributed by atoms with Crippen molar-refractivity contribution < 1.29 is 18.0 Å². The summed E-state index contributed by atoms with van der Waals surface area (Å²) in [4.78, 5) is 26.5. The molecule has 1 aliphatic rings. The number of nitrogens with zero attached hydrogens (tertiary/aromatic N) is 1. The monoisotopic (exact) mass is 423 g/mol. The number of sulfonamides is 1. The van der Waals surface area contributed by atoms with Crippen molar-refractivity contribution in [1.82, 2.24) is 14.9 Å². The van der Waals surface area contributed by atoms with Crippen molar-refractivity contribution >= 4 is 21.8 Å². The van der Waals surface area contributed by atoms with Crippen LogP contribution in [0.3, 0.4) is 0 Å². The molecule has 1 atom stereocenters. The van der Waals surface area contributed by atoms with Gasteiger partial charge in [0, 0.05) is 31.6 Å². The van der Waals surface area contributed by atoms with E-state index < -0.39 is 10.0 Å². The number of carbonyl (C=O) groups excluding carboxylic acids is 2. The zero-order chi connectivity index (χ0) is 21.6. The molecule has 2 amide bonds. The van der Waals surface area contributed by atoms with E-state index in [1.807, 2.05) is 26.0 Å². The van der Waals surface area contributed by atoms with Gasteiger partial charge in [0.2, 0.25) is 21.8 Å². The number of hydrogen-bond donors (Lipinski definition) is 2. The van der Waals surface area contributed by atoms with Crippen LogP contribution in [0.1, 0.15) is 51.7 Å². The van der Waals surface area contributed by atoms with E-state index in [-0.39, 0.29) is 35.4 Å². The standard InChI is InChI=1S/C21H33N3O4S/c1-15(2)21(26)24-11-5-6-19(13-24)20(25)22-12-17-7-9-18(10-8-17)14-29(27,28)23-16(3)4/h7-10,15-16,19,23H,5-6,11-14H2,1-4H3,(H,22,25)/t19-/m0/s1. The fourth-order valence-electron chi connectivity index (χ4n) is 3.46. The molecule has 1 aromatic rings. The number of likely N-dealkylation sites (tertiary alicyclic amines) is 1. The second kappa shape index (κ2) is 10.2. The predicted molar refractivity (Wildman–Crippen MR) is 113 cm³/mol. The Balaban J connectivity index is 1.86. The van der Waals surface area contributed by atoms with Crippen LogP contribution in [0.5, 0.6) is 0 Å². The van der Waals surface area contributed by atoms with Crippen LogP contribution in [0.15, 0.2) is 24.3 Å². The minimum absolute atomic E-state index is 0.0426. The molecular weight excluding hydrogens is 390 g/mol. The molecule has 1 heterocycles. The molecule has 8 heteroatoms. The van der Waals surface area contributed by atoms with Crippen LogP contribution in [-0.2, 0) is 31.9 Å². The zero-order valence-electron chi connectivity index (χ0n) is 17.8. The Hall–Kier alpha value is -1.93. The molecule has 2 N–H and O–H groups in total. The lowest BCUT2D eigenvalue weighted by Gasteiger charge is -2.33. The van der Waals surface area contributed by atoms with Crippen LogP contribution >= 0.6 is 0 Å². The summed E-state index contributed by atoms with van der Waals surface area (Å²) in [6.45, 7) is 8.89. The first kappa shape index (κ1) is 23.3. The molecule has 1 aliphatic heterocycles. The van der Waals surface area contributed by atoms with Crippen LogP contribution in [0.25, 0.3) is 0 Å². The summed E-state index contributed by atoms with van der Waals surface area (Å²) in [7, 11) is -3.36. The predicted octanol–water partition coefficient (Wildman–Crippen LogP) is 2.03. The lowest BCUT2D eigenvalue weighted by Crippen LogP contribution is -2.46. The Labute approximate surface area is 174 Å². The van der Waals surface area contributed by atoms with Crippen LogP contribution in [0, 0.1) is 11.8 Å². The number of amides is 2. The highest BCUT2D eigenvalue weighted by molar-refractivity contribution is 7.88. The SMILES string of the molecule is CC(C)NS(=O)(=O)Cc1ccc(CNC(=O)[C@H]2CCCN(C(=O)C(C)C)C2)cc1. The maximum Gasteiger partial charge on any atom is 0.225 e. The molecule has 1 fully saturated rings. The zero-order valence-corrected chi connectivity index (χ0v) is 18.6. The van der Waals surface area contributed by atoms with E-state index in [1.165, 1.54) is 0 Å². The highest BCUT2D eigenvalue weighted by Gasteiger charge is 2.29.